The van der Waals surface area contributed by atoms with Crippen molar-refractivity contribution in [2.75, 3.05) is 20.2 Å². The lowest BCUT2D eigenvalue weighted by molar-refractivity contribution is -0.152. The van der Waals surface area contributed by atoms with E-state index < -0.39 is 0 Å². The number of esters is 1. The lowest BCUT2D eigenvalue weighted by atomic mass is 9.65. The van der Waals surface area contributed by atoms with E-state index >= 15 is 0 Å². The van der Waals surface area contributed by atoms with Crippen LogP contribution in [-0.2, 0) is 16.1 Å². The van der Waals surface area contributed by atoms with E-state index in [9.17, 15) is 4.79 Å². The summed E-state index contributed by atoms with van der Waals surface area (Å²) in [6.07, 6.45) is 5.75. The number of hydrogen-bond donors (Lipinski definition) is 0. The van der Waals surface area contributed by atoms with Gasteiger partial charge < -0.3 is 4.74 Å². The summed E-state index contributed by atoms with van der Waals surface area (Å²) in [7, 11) is 1.53. The van der Waals surface area contributed by atoms with Crippen molar-refractivity contribution in [2.24, 2.45) is 11.3 Å². The fraction of sp³-hybridized carbons (Fsp3) is 0.611. The van der Waals surface area contributed by atoms with Crippen LogP contribution in [0.1, 0.15) is 37.7 Å². The molecule has 3 rings (SSSR count). The lowest BCUT2D eigenvalue weighted by Crippen LogP contribution is -2.41. The van der Waals surface area contributed by atoms with Crippen molar-refractivity contribution in [2.45, 2.75) is 38.6 Å². The molecular formula is C18H25NO2. The molecule has 1 aliphatic heterocycles. The van der Waals surface area contributed by atoms with Crippen molar-refractivity contribution < 1.29 is 9.53 Å². The molecule has 114 valence electrons. The third-order valence-corrected chi connectivity index (χ3v) is 5.36. The maximum absolute atomic E-state index is 12.2. The first-order valence-corrected chi connectivity index (χ1v) is 8.08. The van der Waals surface area contributed by atoms with Gasteiger partial charge in [0, 0.05) is 13.1 Å². The average Bonchev–Trinajstić information content (AvgIpc) is 2.91. The lowest BCUT2D eigenvalue weighted by Gasteiger charge is -2.39. The molecule has 0 aromatic heterocycles. The van der Waals surface area contributed by atoms with Gasteiger partial charge in [-0.15, -0.1) is 0 Å². The summed E-state index contributed by atoms with van der Waals surface area (Å²) in [6.45, 7) is 3.14. The maximum Gasteiger partial charge on any atom is 0.309 e. The van der Waals surface area contributed by atoms with Crippen LogP contribution in [-0.4, -0.2) is 31.1 Å². The van der Waals surface area contributed by atoms with Crippen LogP contribution in [0.5, 0.6) is 0 Å². The molecule has 0 radical (unpaired) electrons. The molecule has 21 heavy (non-hydrogen) atoms. The van der Waals surface area contributed by atoms with Crippen LogP contribution >= 0.6 is 0 Å². The van der Waals surface area contributed by atoms with Gasteiger partial charge in [-0.3, -0.25) is 9.69 Å². The topological polar surface area (TPSA) is 29.5 Å². The highest BCUT2D eigenvalue weighted by molar-refractivity contribution is 5.73. The number of methoxy groups -OCH3 is 1. The third kappa shape index (κ3) is 2.98. The Bertz CT molecular complexity index is 487. The van der Waals surface area contributed by atoms with Crippen LogP contribution in [0.15, 0.2) is 30.3 Å². The molecule has 1 aromatic rings. The molecule has 1 aliphatic carbocycles. The van der Waals surface area contributed by atoms with Gasteiger partial charge in [0.15, 0.2) is 0 Å². The van der Waals surface area contributed by atoms with Crippen molar-refractivity contribution in [3.8, 4) is 0 Å². The standard InChI is InChI=1S/C18H25NO2/c1-21-17(20)16-9-5-6-10-18(16)11-12-19(14-18)13-15-7-3-2-4-8-15/h2-4,7-8,16H,5-6,9-14H2,1H3/t16-,18-/m0/s1. The number of hydrogen-bond acceptors (Lipinski definition) is 3. The molecule has 1 saturated carbocycles. The monoisotopic (exact) mass is 287 g/mol. The second kappa shape index (κ2) is 6.18. The largest absolute Gasteiger partial charge is 0.469 e. The molecule has 2 fully saturated rings. The SMILES string of the molecule is COC(=O)[C@@H]1CCCC[C@@]12CCN(Cc1ccccc1)C2. The van der Waals surface area contributed by atoms with Gasteiger partial charge in [0.05, 0.1) is 13.0 Å². The van der Waals surface area contributed by atoms with Gasteiger partial charge in [-0.05, 0) is 36.8 Å². The zero-order chi connectivity index (χ0) is 14.7. The molecular weight excluding hydrogens is 262 g/mol. The van der Waals surface area contributed by atoms with Crippen LogP contribution in [0.3, 0.4) is 0 Å². The number of carbonyl (C=O) groups excluding carboxylic acids is 1. The highest BCUT2D eigenvalue weighted by Gasteiger charge is 2.48. The molecule has 3 nitrogen and oxygen atoms in total. The number of nitrogens with zero attached hydrogens (tertiary/aromatic N) is 1. The quantitative estimate of drug-likeness (QED) is 0.799. The Labute approximate surface area is 127 Å². The molecule has 1 spiro atoms. The fourth-order valence-electron chi connectivity index (χ4n) is 4.27. The van der Waals surface area contributed by atoms with E-state index in [0.29, 0.717) is 0 Å². The van der Waals surface area contributed by atoms with Gasteiger partial charge in [-0.2, -0.15) is 0 Å². The molecule has 0 N–H and O–H groups in total. The van der Waals surface area contributed by atoms with Gasteiger partial charge in [0.2, 0.25) is 0 Å². The van der Waals surface area contributed by atoms with Crippen LogP contribution in [0.4, 0.5) is 0 Å². The zero-order valence-electron chi connectivity index (χ0n) is 12.9. The first-order valence-electron chi connectivity index (χ1n) is 8.08. The molecule has 0 bridgehead atoms. The fourth-order valence-corrected chi connectivity index (χ4v) is 4.27. The van der Waals surface area contributed by atoms with Crippen LogP contribution < -0.4 is 0 Å². The average molecular weight is 287 g/mol. The smallest absolute Gasteiger partial charge is 0.309 e. The second-order valence-electron chi connectivity index (χ2n) is 6.63. The Hall–Kier alpha value is -1.35. The van der Waals surface area contributed by atoms with E-state index in [1.54, 1.807) is 0 Å². The molecule has 3 heteroatoms. The Kier molecular flexibility index (Phi) is 4.29. The number of benzene rings is 1. The van der Waals surface area contributed by atoms with E-state index in [2.05, 4.69) is 35.2 Å². The molecule has 0 unspecified atom stereocenters. The molecule has 1 heterocycles. The predicted octanol–water partition coefficient (Wildman–Crippen LogP) is 3.24. The van der Waals surface area contributed by atoms with Crippen LogP contribution in [0.25, 0.3) is 0 Å². The Morgan fingerprint density at radius 3 is 2.86 bits per heavy atom. The first-order chi connectivity index (χ1) is 10.2. The minimum atomic E-state index is 0.0104. The van der Waals surface area contributed by atoms with Gasteiger partial charge in [-0.25, -0.2) is 0 Å². The minimum absolute atomic E-state index is 0.0104. The summed E-state index contributed by atoms with van der Waals surface area (Å²) in [5.74, 6) is 0.119. The summed E-state index contributed by atoms with van der Waals surface area (Å²) >= 11 is 0. The number of carbonyl (C=O) groups is 1. The van der Waals surface area contributed by atoms with E-state index in [4.69, 9.17) is 4.74 Å². The van der Waals surface area contributed by atoms with Crippen molar-refractivity contribution in [3.05, 3.63) is 35.9 Å². The predicted molar refractivity (Wildman–Crippen MR) is 82.7 cm³/mol. The van der Waals surface area contributed by atoms with E-state index in [1.165, 1.54) is 31.9 Å². The Morgan fingerprint density at radius 1 is 1.29 bits per heavy atom. The molecule has 2 atom stereocenters. The van der Waals surface area contributed by atoms with Gasteiger partial charge >= 0.3 is 5.97 Å². The molecule has 1 aromatic carbocycles. The maximum atomic E-state index is 12.2. The van der Waals surface area contributed by atoms with E-state index in [0.717, 1.165) is 32.5 Å². The van der Waals surface area contributed by atoms with E-state index in [1.807, 2.05) is 0 Å². The zero-order valence-corrected chi connectivity index (χ0v) is 12.9. The second-order valence-corrected chi connectivity index (χ2v) is 6.63. The van der Waals surface area contributed by atoms with Crippen LogP contribution in [0.2, 0.25) is 0 Å². The summed E-state index contributed by atoms with van der Waals surface area (Å²) in [5, 5.41) is 0. The van der Waals surface area contributed by atoms with Crippen molar-refractivity contribution in [3.63, 3.8) is 0 Å². The summed E-state index contributed by atoms with van der Waals surface area (Å²) in [4.78, 5) is 14.7. The Morgan fingerprint density at radius 2 is 2.10 bits per heavy atom. The number of rotatable bonds is 3. The normalized spacial score (nSPS) is 29.7. The summed E-state index contributed by atoms with van der Waals surface area (Å²) in [5.41, 5.74) is 1.53. The van der Waals surface area contributed by atoms with Gasteiger partial charge in [0.1, 0.15) is 0 Å². The van der Waals surface area contributed by atoms with Gasteiger partial charge in [-0.1, -0.05) is 43.2 Å². The number of likely N-dealkylation sites (tertiary alicyclic amines) is 1. The molecule has 1 saturated heterocycles. The van der Waals surface area contributed by atoms with Crippen LogP contribution in [0, 0.1) is 11.3 Å². The molecule has 2 aliphatic rings. The minimum Gasteiger partial charge on any atom is -0.469 e. The highest BCUT2D eigenvalue weighted by Crippen LogP contribution is 2.48. The third-order valence-electron chi connectivity index (χ3n) is 5.36. The summed E-state index contributed by atoms with van der Waals surface area (Å²) in [6, 6.07) is 10.6. The van der Waals surface area contributed by atoms with Gasteiger partial charge in [0.25, 0.3) is 0 Å². The van der Waals surface area contributed by atoms with Crippen molar-refractivity contribution in [1.29, 1.82) is 0 Å². The summed E-state index contributed by atoms with van der Waals surface area (Å²) < 4.78 is 5.07. The Balaban J connectivity index is 1.70. The highest BCUT2D eigenvalue weighted by atomic mass is 16.5. The molecule has 0 amide bonds. The van der Waals surface area contributed by atoms with Crippen molar-refractivity contribution in [1.82, 2.24) is 4.90 Å². The van der Waals surface area contributed by atoms with E-state index in [-0.39, 0.29) is 17.3 Å². The van der Waals surface area contributed by atoms with Crippen molar-refractivity contribution >= 4 is 5.97 Å². The first kappa shape index (κ1) is 14.6. The number of ether oxygens (including phenoxy) is 1.